The molecule has 1 heterocycles. The molecule has 3 atom stereocenters. The first-order valence-corrected chi connectivity index (χ1v) is 10.6. The highest BCUT2D eigenvalue weighted by Crippen LogP contribution is 2.24. The number of amides is 1. The van der Waals surface area contributed by atoms with Gasteiger partial charge in [-0.15, -0.1) is 12.4 Å². The predicted molar refractivity (Wildman–Crippen MR) is 103 cm³/mol. The second-order valence-corrected chi connectivity index (χ2v) is 9.02. The number of rotatable bonds is 6. The summed E-state index contributed by atoms with van der Waals surface area (Å²) in [6.45, 7) is 5.84. The number of nitrogens with one attached hydrogen (secondary N) is 2. The highest BCUT2D eigenvalue weighted by atomic mass is 35.5. The predicted octanol–water partition coefficient (Wildman–Crippen LogP) is 2.85. The number of hydrogen-bond acceptors (Lipinski definition) is 4. The van der Waals surface area contributed by atoms with E-state index in [0.29, 0.717) is 17.9 Å². The zero-order valence-electron chi connectivity index (χ0n) is 15.4. The van der Waals surface area contributed by atoms with Crippen LogP contribution in [0.1, 0.15) is 44.7 Å². The average molecular weight is 407 g/mol. The van der Waals surface area contributed by atoms with Crippen LogP contribution in [0.5, 0.6) is 0 Å². The van der Waals surface area contributed by atoms with E-state index < -0.39 is 15.7 Å². The van der Waals surface area contributed by atoms with E-state index in [1.165, 1.54) is 12.1 Å². The monoisotopic (exact) mass is 406 g/mol. The van der Waals surface area contributed by atoms with Crippen LogP contribution in [0.15, 0.2) is 23.1 Å². The first kappa shape index (κ1) is 22.9. The maximum Gasteiger partial charge on any atom is 0.220 e. The van der Waals surface area contributed by atoms with Crippen molar-refractivity contribution in [2.45, 2.75) is 44.0 Å². The molecule has 1 saturated heterocycles. The van der Waals surface area contributed by atoms with E-state index >= 15 is 0 Å². The highest BCUT2D eigenvalue weighted by molar-refractivity contribution is 7.90. The third kappa shape index (κ3) is 6.21. The van der Waals surface area contributed by atoms with E-state index in [1.54, 1.807) is 13.0 Å². The molecule has 0 radical (unpaired) electrons. The Hall–Kier alpha value is -1.18. The lowest BCUT2D eigenvalue weighted by Gasteiger charge is -2.28. The molecule has 1 aliphatic rings. The summed E-state index contributed by atoms with van der Waals surface area (Å²) in [6, 6.07) is 3.58. The Morgan fingerprint density at radius 3 is 2.62 bits per heavy atom. The van der Waals surface area contributed by atoms with Crippen LogP contribution >= 0.6 is 12.4 Å². The van der Waals surface area contributed by atoms with Crippen molar-refractivity contribution >= 4 is 28.2 Å². The molecule has 148 valence electrons. The van der Waals surface area contributed by atoms with Crippen molar-refractivity contribution in [3.05, 3.63) is 29.6 Å². The van der Waals surface area contributed by atoms with Gasteiger partial charge in [-0.25, -0.2) is 12.8 Å². The Morgan fingerprint density at radius 2 is 2.08 bits per heavy atom. The topological polar surface area (TPSA) is 75.3 Å². The minimum atomic E-state index is -3.60. The van der Waals surface area contributed by atoms with Gasteiger partial charge >= 0.3 is 0 Å². The summed E-state index contributed by atoms with van der Waals surface area (Å²) in [4.78, 5) is 11.9. The van der Waals surface area contributed by atoms with Crippen molar-refractivity contribution in [1.82, 2.24) is 10.6 Å². The molecule has 0 bridgehead atoms. The van der Waals surface area contributed by atoms with Crippen molar-refractivity contribution < 1.29 is 17.6 Å². The molecule has 0 aliphatic carbocycles. The van der Waals surface area contributed by atoms with E-state index in [-0.39, 0.29) is 35.2 Å². The maximum absolute atomic E-state index is 14.0. The van der Waals surface area contributed by atoms with Crippen LogP contribution in [0, 0.1) is 17.7 Å². The molecule has 0 saturated carbocycles. The molecular formula is C18H28ClFN2O3S. The van der Waals surface area contributed by atoms with Crippen LogP contribution in [-0.4, -0.2) is 33.7 Å². The number of benzene rings is 1. The van der Waals surface area contributed by atoms with Gasteiger partial charge in [0.25, 0.3) is 0 Å². The molecule has 1 fully saturated rings. The largest absolute Gasteiger partial charge is 0.350 e. The molecule has 26 heavy (non-hydrogen) atoms. The summed E-state index contributed by atoms with van der Waals surface area (Å²) in [5.41, 5.74) is 0.547. The fraction of sp³-hybridized carbons (Fsp3) is 0.611. The molecule has 2 N–H and O–H groups in total. The van der Waals surface area contributed by atoms with Gasteiger partial charge in [0.2, 0.25) is 5.91 Å². The summed E-state index contributed by atoms with van der Waals surface area (Å²) in [7, 11) is -3.60. The van der Waals surface area contributed by atoms with Crippen LogP contribution in [-0.2, 0) is 14.6 Å². The molecule has 0 spiro atoms. The Kier molecular flexibility index (Phi) is 8.50. The quantitative estimate of drug-likeness (QED) is 0.761. The number of carbonyl (C=O) groups is 1. The van der Waals surface area contributed by atoms with Gasteiger partial charge < -0.3 is 10.6 Å². The minimum absolute atomic E-state index is 0. The van der Waals surface area contributed by atoms with Crippen LogP contribution in [0.4, 0.5) is 4.39 Å². The molecule has 3 unspecified atom stereocenters. The van der Waals surface area contributed by atoms with Crippen molar-refractivity contribution in [2.24, 2.45) is 11.8 Å². The lowest BCUT2D eigenvalue weighted by molar-refractivity contribution is -0.123. The molecule has 1 aromatic rings. The zero-order chi connectivity index (χ0) is 18.6. The van der Waals surface area contributed by atoms with Crippen LogP contribution in [0.25, 0.3) is 0 Å². The highest BCUT2D eigenvalue weighted by Gasteiger charge is 2.23. The number of piperidine rings is 1. The summed E-state index contributed by atoms with van der Waals surface area (Å²) in [6.07, 6.45) is 3.67. The Morgan fingerprint density at radius 1 is 1.38 bits per heavy atom. The van der Waals surface area contributed by atoms with Gasteiger partial charge in [-0.05, 0) is 62.4 Å². The molecule has 2 rings (SSSR count). The molecule has 5 nitrogen and oxygen atoms in total. The third-order valence-corrected chi connectivity index (χ3v) is 6.01. The Labute approximate surface area is 161 Å². The molecule has 0 aromatic heterocycles. The fourth-order valence-electron chi connectivity index (χ4n) is 3.29. The van der Waals surface area contributed by atoms with E-state index in [1.807, 2.05) is 0 Å². The van der Waals surface area contributed by atoms with Crippen LogP contribution < -0.4 is 10.6 Å². The van der Waals surface area contributed by atoms with Gasteiger partial charge in [-0.1, -0.05) is 13.0 Å². The van der Waals surface area contributed by atoms with E-state index in [2.05, 4.69) is 17.6 Å². The van der Waals surface area contributed by atoms with E-state index in [4.69, 9.17) is 0 Å². The molecule has 1 amide bonds. The normalized spacial score (nSPS) is 19.9. The van der Waals surface area contributed by atoms with Crippen molar-refractivity contribution in [1.29, 1.82) is 0 Å². The van der Waals surface area contributed by atoms with Crippen molar-refractivity contribution in [3.8, 4) is 0 Å². The van der Waals surface area contributed by atoms with Gasteiger partial charge in [0, 0.05) is 12.7 Å². The van der Waals surface area contributed by atoms with Crippen LogP contribution in [0.2, 0.25) is 0 Å². The summed E-state index contributed by atoms with van der Waals surface area (Å²) >= 11 is 0. The number of halogens is 2. The molecule has 1 aliphatic heterocycles. The molecule has 1 aromatic carbocycles. The van der Waals surface area contributed by atoms with E-state index in [9.17, 15) is 17.6 Å². The number of sulfone groups is 1. The third-order valence-electron chi connectivity index (χ3n) is 4.88. The summed E-state index contributed by atoms with van der Waals surface area (Å²) in [5.74, 6) is -0.0773. The van der Waals surface area contributed by atoms with Gasteiger partial charge in [-0.3, -0.25) is 4.79 Å². The van der Waals surface area contributed by atoms with Gasteiger partial charge in [0.1, 0.15) is 10.7 Å². The summed E-state index contributed by atoms with van der Waals surface area (Å²) < 4.78 is 36.9. The first-order chi connectivity index (χ1) is 11.7. The van der Waals surface area contributed by atoms with Crippen LogP contribution in [0.3, 0.4) is 0 Å². The zero-order valence-corrected chi connectivity index (χ0v) is 17.1. The SMILES string of the molecule is CC(NC(=O)CC(C)C1CCCNC1)c1ccc(S(C)(=O)=O)c(F)c1.Cl. The van der Waals surface area contributed by atoms with Gasteiger partial charge in [0.15, 0.2) is 9.84 Å². The first-order valence-electron chi connectivity index (χ1n) is 8.68. The van der Waals surface area contributed by atoms with E-state index in [0.717, 1.165) is 32.2 Å². The molecular weight excluding hydrogens is 379 g/mol. The lowest BCUT2D eigenvalue weighted by Crippen LogP contribution is -2.36. The summed E-state index contributed by atoms with van der Waals surface area (Å²) in [5, 5.41) is 6.23. The maximum atomic E-state index is 14.0. The smallest absolute Gasteiger partial charge is 0.220 e. The van der Waals surface area contributed by atoms with Crippen molar-refractivity contribution in [2.75, 3.05) is 19.3 Å². The Balaban J connectivity index is 0.00000338. The standard InChI is InChI=1S/C18H27FN2O3S.ClH/c1-12(15-5-4-8-20-11-15)9-18(22)21-13(2)14-6-7-17(16(19)10-14)25(3,23)24;/h6-7,10,12-13,15,20H,4-5,8-9,11H2,1-3H3,(H,21,22);1H. The second kappa shape index (κ2) is 9.67. The van der Waals surface area contributed by atoms with Gasteiger partial charge in [-0.2, -0.15) is 0 Å². The second-order valence-electron chi connectivity index (χ2n) is 7.04. The Bertz CT molecular complexity index is 721. The number of hydrogen-bond donors (Lipinski definition) is 2. The average Bonchev–Trinajstić information content (AvgIpc) is 2.54. The van der Waals surface area contributed by atoms with Crippen molar-refractivity contribution in [3.63, 3.8) is 0 Å². The lowest BCUT2D eigenvalue weighted by atomic mass is 9.85. The van der Waals surface area contributed by atoms with Gasteiger partial charge in [0.05, 0.1) is 6.04 Å². The minimum Gasteiger partial charge on any atom is -0.350 e. The number of carbonyl (C=O) groups excluding carboxylic acids is 1. The molecule has 8 heteroatoms. The fourth-order valence-corrected chi connectivity index (χ4v) is 4.02.